The number of rotatable bonds is 9. The van der Waals surface area contributed by atoms with Gasteiger partial charge in [-0.05, 0) is 17.7 Å². The van der Waals surface area contributed by atoms with Gasteiger partial charge in [-0.15, -0.1) is 10.2 Å². The molecule has 0 aliphatic carbocycles. The molecule has 1 heterocycles. The maximum Gasteiger partial charge on any atom is 0.233 e. The highest BCUT2D eigenvalue weighted by molar-refractivity contribution is 7.99. The van der Waals surface area contributed by atoms with Gasteiger partial charge < -0.3 is 20.1 Å². The van der Waals surface area contributed by atoms with Crippen molar-refractivity contribution < 1.29 is 9.59 Å². The molecule has 0 saturated carbocycles. The third kappa shape index (κ3) is 5.99. The fraction of sp³-hybridized carbons (Fsp3) is 0.444. The smallest absolute Gasteiger partial charge is 0.233 e. The van der Waals surface area contributed by atoms with Gasteiger partial charge in [-0.2, -0.15) is 0 Å². The molecule has 2 N–H and O–H groups in total. The van der Waals surface area contributed by atoms with E-state index in [9.17, 15) is 9.59 Å². The lowest BCUT2D eigenvalue weighted by molar-refractivity contribution is -0.127. The van der Waals surface area contributed by atoms with Crippen LogP contribution in [0.1, 0.15) is 17.8 Å². The summed E-state index contributed by atoms with van der Waals surface area (Å²) in [5.41, 5.74) is 7.36. The zero-order valence-electron chi connectivity index (χ0n) is 16.2. The SMILES string of the molecule is CN(Cc1ccc(N(C)C)cc1)C(=O)CSc1nnc(CCC(N)=O)n1C. The van der Waals surface area contributed by atoms with Gasteiger partial charge in [-0.25, -0.2) is 0 Å². The van der Waals surface area contributed by atoms with E-state index >= 15 is 0 Å². The molecule has 0 aliphatic heterocycles. The highest BCUT2D eigenvalue weighted by Crippen LogP contribution is 2.18. The Morgan fingerprint density at radius 1 is 1.15 bits per heavy atom. The van der Waals surface area contributed by atoms with Gasteiger partial charge in [0.15, 0.2) is 5.16 Å². The standard InChI is InChI=1S/C18H26N6O2S/c1-22(2)14-7-5-13(6-8-14)11-23(3)17(26)12-27-18-21-20-16(24(18)4)10-9-15(19)25/h5-8H,9-12H2,1-4H3,(H2,19,25). The van der Waals surface area contributed by atoms with Crippen LogP contribution in [-0.4, -0.2) is 58.4 Å². The predicted molar refractivity (Wildman–Crippen MR) is 106 cm³/mol. The van der Waals surface area contributed by atoms with Gasteiger partial charge in [0.25, 0.3) is 0 Å². The number of anilines is 1. The molecule has 27 heavy (non-hydrogen) atoms. The van der Waals surface area contributed by atoms with Gasteiger partial charge in [0, 0.05) is 53.3 Å². The molecule has 2 aromatic rings. The molecule has 9 heteroatoms. The first kappa shape index (κ1) is 20.8. The highest BCUT2D eigenvalue weighted by atomic mass is 32.2. The van der Waals surface area contributed by atoms with Gasteiger partial charge >= 0.3 is 0 Å². The summed E-state index contributed by atoms with van der Waals surface area (Å²) in [6.07, 6.45) is 0.668. The third-order valence-electron chi connectivity index (χ3n) is 4.14. The summed E-state index contributed by atoms with van der Waals surface area (Å²) in [5, 5.41) is 8.78. The molecule has 0 atom stereocenters. The molecule has 0 spiro atoms. The van der Waals surface area contributed by atoms with Crippen LogP contribution < -0.4 is 10.6 Å². The van der Waals surface area contributed by atoms with Crippen molar-refractivity contribution in [3.05, 3.63) is 35.7 Å². The summed E-state index contributed by atoms with van der Waals surface area (Å²) in [6, 6.07) is 8.13. The van der Waals surface area contributed by atoms with E-state index in [-0.39, 0.29) is 24.0 Å². The van der Waals surface area contributed by atoms with Crippen LogP contribution in [0.4, 0.5) is 5.69 Å². The Morgan fingerprint density at radius 3 is 2.41 bits per heavy atom. The van der Waals surface area contributed by atoms with Crippen molar-refractivity contribution in [2.75, 3.05) is 31.8 Å². The van der Waals surface area contributed by atoms with E-state index < -0.39 is 0 Å². The Balaban J connectivity index is 1.86. The summed E-state index contributed by atoms with van der Waals surface area (Å²) in [6.45, 7) is 0.551. The number of carbonyl (C=O) groups excluding carboxylic acids is 2. The number of primary amides is 1. The number of aryl methyl sites for hydroxylation is 1. The van der Waals surface area contributed by atoms with E-state index in [1.165, 1.54) is 11.8 Å². The van der Waals surface area contributed by atoms with Crippen LogP contribution in [-0.2, 0) is 29.6 Å². The van der Waals surface area contributed by atoms with E-state index in [2.05, 4.69) is 10.2 Å². The van der Waals surface area contributed by atoms with Crippen molar-refractivity contribution in [1.29, 1.82) is 0 Å². The molecule has 0 fully saturated rings. The van der Waals surface area contributed by atoms with Crippen LogP contribution >= 0.6 is 11.8 Å². The fourth-order valence-corrected chi connectivity index (χ4v) is 3.29. The van der Waals surface area contributed by atoms with Crippen molar-refractivity contribution in [2.45, 2.75) is 24.5 Å². The van der Waals surface area contributed by atoms with Crippen LogP contribution in [0.15, 0.2) is 29.4 Å². The zero-order valence-corrected chi connectivity index (χ0v) is 17.0. The number of carbonyl (C=O) groups is 2. The lowest BCUT2D eigenvalue weighted by Gasteiger charge is -2.18. The molecule has 0 unspecified atom stereocenters. The normalized spacial score (nSPS) is 10.7. The van der Waals surface area contributed by atoms with E-state index in [0.29, 0.717) is 23.9 Å². The van der Waals surface area contributed by atoms with E-state index in [1.807, 2.05) is 50.3 Å². The largest absolute Gasteiger partial charge is 0.378 e. The Kier molecular flexibility index (Phi) is 7.23. The lowest BCUT2D eigenvalue weighted by Crippen LogP contribution is -2.27. The number of amides is 2. The molecular weight excluding hydrogens is 364 g/mol. The molecule has 1 aromatic heterocycles. The molecule has 1 aromatic carbocycles. The number of benzene rings is 1. The Labute approximate surface area is 163 Å². The second-order valence-corrected chi connectivity index (χ2v) is 7.47. The van der Waals surface area contributed by atoms with Crippen LogP contribution in [0.5, 0.6) is 0 Å². The molecule has 8 nitrogen and oxygen atoms in total. The molecule has 146 valence electrons. The number of thioether (sulfide) groups is 1. The van der Waals surface area contributed by atoms with E-state index in [1.54, 1.807) is 16.5 Å². The van der Waals surface area contributed by atoms with Crippen molar-refractivity contribution in [3.63, 3.8) is 0 Å². The summed E-state index contributed by atoms with van der Waals surface area (Å²) in [5.74, 6) is 0.590. The van der Waals surface area contributed by atoms with Gasteiger partial charge in [0.2, 0.25) is 11.8 Å². The van der Waals surface area contributed by atoms with E-state index in [0.717, 1.165) is 11.3 Å². The average molecular weight is 391 g/mol. The van der Waals surface area contributed by atoms with Gasteiger partial charge in [0.05, 0.1) is 5.75 Å². The number of nitrogens with two attached hydrogens (primary N) is 1. The van der Waals surface area contributed by atoms with Gasteiger partial charge in [-0.1, -0.05) is 23.9 Å². The number of hydrogen-bond donors (Lipinski definition) is 1. The maximum absolute atomic E-state index is 12.4. The van der Waals surface area contributed by atoms with Crippen molar-refractivity contribution in [1.82, 2.24) is 19.7 Å². The lowest BCUT2D eigenvalue weighted by atomic mass is 10.2. The topological polar surface area (TPSA) is 97.3 Å². The monoisotopic (exact) mass is 390 g/mol. The minimum Gasteiger partial charge on any atom is -0.378 e. The molecular formula is C18H26N6O2S. The fourth-order valence-electron chi connectivity index (χ4n) is 2.42. The molecule has 0 bridgehead atoms. The average Bonchev–Trinajstić information content (AvgIpc) is 2.98. The summed E-state index contributed by atoms with van der Waals surface area (Å²) >= 11 is 1.33. The van der Waals surface area contributed by atoms with Crippen LogP contribution in [0.2, 0.25) is 0 Å². The Bertz CT molecular complexity index is 788. The Hall–Kier alpha value is -2.55. The minimum atomic E-state index is -0.373. The summed E-state index contributed by atoms with van der Waals surface area (Å²) in [4.78, 5) is 27.0. The van der Waals surface area contributed by atoms with E-state index in [4.69, 9.17) is 5.73 Å². The van der Waals surface area contributed by atoms with Crippen molar-refractivity contribution in [2.24, 2.45) is 12.8 Å². The molecule has 0 radical (unpaired) electrons. The first-order chi connectivity index (χ1) is 12.8. The Morgan fingerprint density at radius 2 is 1.81 bits per heavy atom. The van der Waals surface area contributed by atoms with Gasteiger partial charge in [-0.3, -0.25) is 9.59 Å². The predicted octanol–water partition coefficient (Wildman–Crippen LogP) is 1.05. The number of aromatic nitrogens is 3. The summed E-state index contributed by atoms with van der Waals surface area (Å²) < 4.78 is 1.79. The van der Waals surface area contributed by atoms with Crippen LogP contribution in [0.3, 0.4) is 0 Å². The van der Waals surface area contributed by atoms with Crippen LogP contribution in [0.25, 0.3) is 0 Å². The maximum atomic E-state index is 12.4. The number of hydrogen-bond acceptors (Lipinski definition) is 6. The van der Waals surface area contributed by atoms with Crippen LogP contribution in [0, 0.1) is 0 Å². The summed E-state index contributed by atoms with van der Waals surface area (Å²) in [7, 11) is 7.60. The molecule has 0 aliphatic rings. The quantitative estimate of drug-likeness (QED) is 0.643. The second-order valence-electron chi connectivity index (χ2n) is 6.52. The number of nitrogens with zero attached hydrogens (tertiary/aromatic N) is 5. The van der Waals surface area contributed by atoms with Crippen molar-refractivity contribution >= 4 is 29.3 Å². The third-order valence-corrected chi connectivity index (χ3v) is 5.15. The van der Waals surface area contributed by atoms with Gasteiger partial charge in [0.1, 0.15) is 5.82 Å². The first-order valence-electron chi connectivity index (χ1n) is 8.57. The molecule has 2 amide bonds. The zero-order chi connectivity index (χ0) is 20.0. The second kappa shape index (κ2) is 9.40. The minimum absolute atomic E-state index is 0.0124. The molecule has 0 saturated heterocycles. The highest BCUT2D eigenvalue weighted by Gasteiger charge is 2.14. The molecule has 2 rings (SSSR count). The van der Waals surface area contributed by atoms with Crippen molar-refractivity contribution in [3.8, 4) is 0 Å². The first-order valence-corrected chi connectivity index (χ1v) is 9.56.